The van der Waals surface area contributed by atoms with Gasteiger partial charge in [-0.05, 0) is 38.2 Å². The lowest BCUT2D eigenvalue weighted by molar-refractivity contribution is 0.646. The fraction of sp³-hybridized carbons (Fsp3) is 0.400. The largest absolute Gasteiger partial charge is 0.0885 e. The predicted octanol–water partition coefficient (Wildman–Crippen LogP) is 4.57. The molecule has 0 saturated heterocycles. The second-order valence-electron chi connectivity index (χ2n) is 3.91. The first-order chi connectivity index (χ1) is 7.43. The molecule has 0 spiro atoms. The van der Waals surface area contributed by atoms with E-state index in [0.717, 1.165) is 0 Å². The van der Waals surface area contributed by atoms with E-state index >= 15 is 0 Å². The van der Waals surface area contributed by atoms with Crippen molar-refractivity contribution in [3.63, 3.8) is 0 Å². The first-order valence-corrected chi connectivity index (χ1v) is 5.91. The molecule has 0 amide bonds. The molecule has 0 unspecified atom stereocenters. The highest BCUT2D eigenvalue weighted by Crippen LogP contribution is 2.08. The van der Waals surface area contributed by atoms with Gasteiger partial charge < -0.3 is 0 Å². The van der Waals surface area contributed by atoms with E-state index in [-0.39, 0.29) is 0 Å². The van der Waals surface area contributed by atoms with Crippen LogP contribution >= 0.6 is 0 Å². The van der Waals surface area contributed by atoms with E-state index in [1.165, 1.54) is 44.1 Å². The molecule has 0 saturated carbocycles. The smallest absolute Gasteiger partial charge is 0.0279 e. The average molecular weight is 201 g/mol. The highest BCUT2D eigenvalue weighted by molar-refractivity contribution is 5.14. The lowest BCUT2D eigenvalue weighted by atomic mass is 10.1. The Hall–Kier alpha value is -1.04. The Kier molecular flexibility index (Phi) is 6.64. The lowest BCUT2D eigenvalue weighted by Gasteiger charge is -2.00. The molecule has 1 aromatic carbocycles. The molecule has 0 aliphatic rings. The molecule has 15 heavy (non-hydrogen) atoms. The van der Waals surface area contributed by atoms with Gasteiger partial charge in [0.15, 0.2) is 0 Å². The van der Waals surface area contributed by atoms with Gasteiger partial charge >= 0.3 is 0 Å². The minimum atomic E-state index is 1.19. The van der Waals surface area contributed by atoms with Crippen molar-refractivity contribution in [2.75, 3.05) is 0 Å². The molecule has 0 aliphatic heterocycles. The van der Waals surface area contributed by atoms with Gasteiger partial charge in [-0.3, -0.25) is 0 Å². The van der Waals surface area contributed by atoms with Gasteiger partial charge in [0.05, 0.1) is 0 Å². The number of rotatable bonds is 7. The maximum Gasteiger partial charge on any atom is -0.0279 e. The zero-order valence-electron chi connectivity index (χ0n) is 9.49. The topological polar surface area (TPSA) is 0 Å². The van der Waals surface area contributed by atoms with Gasteiger partial charge in [0.2, 0.25) is 0 Å². The summed E-state index contributed by atoms with van der Waals surface area (Å²) >= 11 is 0. The standard InChI is InChI=1S/C15H21/c1-2-3-4-5-6-7-9-12-15-13-10-8-11-14-15/h2-3,8,10-11,13-14H,1,4-7,9,12H2/b3-2+. The first-order valence-electron chi connectivity index (χ1n) is 5.91. The molecule has 0 N–H and O–H groups in total. The van der Waals surface area contributed by atoms with E-state index < -0.39 is 0 Å². The molecular weight excluding hydrogens is 180 g/mol. The third-order valence-corrected chi connectivity index (χ3v) is 2.60. The van der Waals surface area contributed by atoms with Crippen LogP contribution in [-0.4, -0.2) is 0 Å². The Morgan fingerprint density at radius 1 is 0.933 bits per heavy atom. The maximum absolute atomic E-state index is 3.68. The van der Waals surface area contributed by atoms with Crippen molar-refractivity contribution in [2.45, 2.75) is 38.5 Å². The van der Waals surface area contributed by atoms with Crippen molar-refractivity contribution in [2.24, 2.45) is 0 Å². The van der Waals surface area contributed by atoms with Crippen LogP contribution in [0.2, 0.25) is 0 Å². The van der Waals surface area contributed by atoms with Gasteiger partial charge in [0.1, 0.15) is 0 Å². The first kappa shape index (κ1) is 12.0. The Bertz CT molecular complexity index is 259. The van der Waals surface area contributed by atoms with Crippen molar-refractivity contribution in [1.82, 2.24) is 0 Å². The zero-order chi connectivity index (χ0) is 10.8. The predicted molar refractivity (Wildman–Crippen MR) is 67.7 cm³/mol. The quantitative estimate of drug-likeness (QED) is 0.567. The monoisotopic (exact) mass is 201 g/mol. The number of allylic oxidation sites excluding steroid dienone is 2. The SMILES string of the molecule is [CH2]/C=C/CCCCCCc1ccccc1. The van der Waals surface area contributed by atoms with E-state index in [1.807, 2.05) is 6.08 Å². The molecule has 0 heterocycles. The van der Waals surface area contributed by atoms with Gasteiger partial charge in [0, 0.05) is 0 Å². The minimum absolute atomic E-state index is 1.19. The van der Waals surface area contributed by atoms with Gasteiger partial charge in [-0.15, -0.1) is 0 Å². The highest BCUT2D eigenvalue weighted by Gasteiger charge is 1.92. The summed E-state index contributed by atoms with van der Waals surface area (Å²) in [4.78, 5) is 0. The molecule has 0 fully saturated rings. The van der Waals surface area contributed by atoms with E-state index in [4.69, 9.17) is 0 Å². The number of benzene rings is 1. The molecular formula is C15H21. The summed E-state index contributed by atoms with van der Waals surface area (Å²) in [6.45, 7) is 3.68. The van der Waals surface area contributed by atoms with E-state index in [0.29, 0.717) is 0 Å². The third-order valence-electron chi connectivity index (χ3n) is 2.60. The Morgan fingerprint density at radius 2 is 1.67 bits per heavy atom. The summed E-state index contributed by atoms with van der Waals surface area (Å²) < 4.78 is 0. The van der Waals surface area contributed by atoms with E-state index in [2.05, 4.69) is 43.3 Å². The van der Waals surface area contributed by atoms with Crippen LogP contribution in [-0.2, 0) is 6.42 Å². The molecule has 0 aromatic heterocycles. The van der Waals surface area contributed by atoms with Gasteiger partial charge in [0.25, 0.3) is 0 Å². The summed E-state index contributed by atoms with van der Waals surface area (Å²) in [7, 11) is 0. The highest BCUT2D eigenvalue weighted by atomic mass is 14.0. The molecule has 81 valence electrons. The minimum Gasteiger partial charge on any atom is -0.0885 e. The van der Waals surface area contributed by atoms with Crippen molar-refractivity contribution < 1.29 is 0 Å². The number of aryl methyl sites for hydroxylation is 1. The van der Waals surface area contributed by atoms with Gasteiger partial charge in [-0.2, -0.15) is 0 Å². The van der Waals surface area contributed by atoms with Gasteiger partial charge in [-0.1, -0.05) is 55.3 Å². The van der Waals surface area contributed by atoms with Crippen molar-refractivity contribution >= 4 is 0 Å². The van der Waals surface area contributed by atoms with Crippen molar-refractivity contribution in [1.29, 1.82) is 0 Å². The van der Waals surface area contributed by atoms with Crippen molar-refractivity contribution in [3.8, 4) is 0 Å². The summed E-state index contributed by atoms with van der Waals surface area (Å²) in [6.07, 6.45) is 11.8. The third kappa shape index (κ3) is 6.11. The molecule has 0 atom stereocenters. The summed E-state index contributed by atoms with van der Waals surface area (Å²) in [5, 5.41) is 0. The normalized spacial score (nSPS) is 11.0. The van der Waals surface area contributed by atoms with Crippen LogP contribution in [0, 0.1) is 6.92 Å². The van der Waals surface area contributed by atoms with Crippen LogP contribution in [0.15, 0.2) is 42.5 Å². The molecule has 1 rings (SSSR count). The molecule has 0 bridgehead atoms. The lowest BCUT2D eigenvalue weighted by Crippen LogP contribution is -1.85. The molecule has 0 aliphatic carbocycles. The zero-order valence-corrected chi connectivity index (χ0v) is 9.49. The molecule has 1 radical (unpaired) electrons. The van der Waals surface area contributed by atoms with Crippen LogP contribution < -0.4 is 0 Å². The second kappa shape index (κ2) is 8.28. The summed E-state index contributed by atoms with van der Waals surface area (Å²) in [6, 6.07) is 10.7. The Balaban J connectivity index is 1.98. The van der Waals surface area contributed by atoms with Crippen LogP contribution in [0.3, 0.4) is 0 Å². The second-order valence-corrected chi connectivity index (χ2v) is 3.91. The number of hydrogen-bond acceptors (Lipinski definition) is 0. The maximum atomic E-state index is 3.68. The number of hydrogen-bond donors (Lipinski definition) is 0. The summed E-state index contributed by atoms with van der Waals surface area (Å²) in [5.74, 6) is 0. The van der Waals surface area contributed by atoms with Crippen LogP contribution in [0.5, 0.6) is 0 Å². The Labute approximate surface area is 94.0 Å². The average Bonchev–Trinajstić information content (AvgIpc) is 2.29. The molecule has 0 nitrogen and oxygen atoms in total. The van der Waals surface area contributed by atoms with Crippen LogP contribution in [0.4, 0.5) is 0 Å². The van der Waals surface area contributed by atoms with Crippen LogP contribution in [0.25, 0.3) is 0 Å². The number of unbranched alkanes of at least 4 members (excludes halogenated alkanes) is 4. The van der Waals surface area contributed by atoms with Gasteiger partial charge in [-0.25, -0.2) is 0 Å². The molecule has 0 heteroatoms. The fourth-order valence-corrected chi connectivity index (χ4v) is 1.71. The van der Waals surface area contributed by atoms with Crippen LogP contribution in [0.1, 0.15) is 37.7 Å². The van der Waals surface area contributed by atoms with E-state index in [1.54, 1.807) is 0 Å². The fourth-order valence-electron chi connectivity index (χ4n) is 1.71. The summed E-state index contributed by atoms with van der Waals surface area (Å²) in [5.41, 5.74) is 1.47. The van der Waals surface area contributed by atoms with Crippen molar-refractivity contribution in [3.05, 3.63) is 55.0 Å². The Morgan fingerprint density at radius 3 is 2.40 bits per heavy atom. The van der Waals surface area contributed by atoms with E-state index in [9.17, 15) is 0 Å². The molecule has 1 aromatic rings.